The zero-order valence-corrected chi connectivity index (χ0v) is 16.9. The molecule has 0 fully saturated rings. The van der Waals surface area contributed by atoms with Gasteiger partial charge in [0.15, 0.2) is 0 Å². The van der Waals surface area contributed by atoms with Crippen LogP contribution in [0.15, 0.2) is 35.7 Å². The number of rotatable bonds is 7. The lowest BCUT2D eigenvalue weighted by Gasteiger charge is -2.44. The van der Waals surface area contributed by atoms with Gasteiger partial charge in [-0.25, -0.2) is 0 Å². The topological polar surface area (TPSA) is 54.4 Å². The van der Waals surface area contributed by atoms with Gasteiger partial charge in [-0.15, -0.1) is 0 Å². The molecule has 1 N–H and O–H groups in total. The van der Waals surface area contributed by atoms with Gasteiger partial charge in [-0.05, 0) is 28.6 Å². The molecule has 0 amide bonds. The Bertz CT molecular complexity index is 624. The van der Waals surface area contributed by atoms with E-state index in [4.69, 9.17) is 4.55 Å². The van der Waals surface area contributed by atoms with Gasteiger partial charge in [-0.1, -0.05) is 77.1 Å². The molecule has 0 saturated carbocycles. The summed E-state index contributed by atoms with van der Waals surface area (Å²) in [4.78, 5) is 0. The minimum absolute atomic E-state index is 0.525. The number of hydrogen-bond donors (Lipinski definition) is 1. The maximum absolute atomic E-state index is 10.9. The van der Waals surface area contributed by atoms with E-state index >= 15 is 0 Å². The molecule has 0 radical (unpaired) electrons. The lowest BCUT2D eigenvalue weighted by molar-refractivity contribution is 0.494. The smallest absolute Gasteiger partial charge is 0.282 e. The Morgan fingerprint density at radius 2 is 1.48 bits per heavy atom. The standard InChI is InChI=1S/C18H30O3SSi/c1-14(2)23(15(3)4,16(5)6)18-12-8-7-10-17(18)11-9-13-22(19,20)21/h7-10,12-16H,11H2,1-6H3,(H,19,20,21). The SMILES string of the molecule is CC(C)[Si](c1ccccc1CC=CS(=O)(=O)O)(C(C)C)C(C)C. The summed E-state index contributed by atoms with van der Waals surface area (Å²) in [7, 11) is -5.85. The predicted molar refractivity (Wildman–Crippen MR) is 102 cm³/mol. The van der Waals surface area contributed by atoms with Crippen LogP contribution in [0.5, 0.6) is 0 Å². The van der Waals surface area contributed by atoms with Crippen molar-refractivity contribution in [3.05, 3.63) is 41.3 Å². The van der Waals surface area contributed by atoms with Gasteiger partial charge in [0.1, 0.15) is 0 Å². The van der Waals surface area contributed by atoms with Crippen LogP contribution in [0, 0.1) is 0 Å². The Morgan fingerprint density at radius 3 is 1.91 bits per heavy atom. The maximum Gasteiger partial charge on any atom is 0.287 e. The van der Waals surface area contributed by atoms with E-state index in [-0.39, 0.29) is 0 Å². The molecule has 0 aliphatic heterocycles. The van der Waals surface area contributed by atoms with Gasteiger partial charge in [0.25, 0.3) is 10.1 Å². The summed E-state index contributed by atoms with van der Waals surface area (Å²) in [5.41, 5.74) is 2.95. The molecule has 1 aromatic rings. The van der Waals surface area contributed by atoms with E-state index in [1.54, 1.807) is 0 Å². The van der Waals surface area contributed by atoms with Gasteiger partial charge in [-0.2, -0.15) is 8.42 Å². The van der Waals surface area contributed by atoms with Crippen LogP contribution in [-0.4, -0.2) is 21.0 Å². The Labute approximate surface area is 142 Å². The first-order chi connectivity index (χ1) is 10.5. The van der Waals surface area contributed by atoms with Crippen LogP contribution in [0.4, 0.5) is 0 Å². The van der Waals surface area contributed by atoms with E-state index in [9.17, 15) is 8.42 Å². The highest BCUT2D eigenvalue weighted by Crippen LogP contribution is 2.41. The van der Waals surface area contributed by atoms with Crippen molar-refractivity contribution in [2.24, 2.45) is 0 Å². The summed E-state index contributed by atoms with van der Waals surface area (Å²) in [6.45, 7) is 13.9. The molecule has 3 nitrogen and oxygen atoms in total. The van der Waals surface area contributed by atoms with E-state index in [1.807, 2.05) is 6.07 Å². The highest BCUT2D eigenvalue weighted by Gasteiger charge is 2.45. The molecule has 23 heavy (non-hydrogen) atoms. The van der Waals surface area contributed by atoms with E-state index in [0.717, 1.165) is 5.41 Å². The van der Waals surface area contributed by atoms with Crippen molar-refractivity contribution in [3.8, 4) is 0 Å². The van der Waals surface area contributed by atoms with Crippen LogP contribution in [0.3, 0.4) is 0 Å². The van der Waals surface area contributed by atoms with Crippen molar-refractivity contribution < 1.29 is 13.0 Å². The average molecular weight is 355 g/mol. The number of hydrogen-bond acceptors (Lipinski definition) is 2. The maximum atomic E-state index is 10.9. The molecule has 0 bridgehead atoms. The minimum Gasteiger partial charge on any atom is -0.282 e. The highest BCUT2D eigenvalue weighted by molar-refractivity contribution is 7.88. The molecule has 0 saturated heterocycles. The first kappa shape index (κ1) is 20.1. The fourth-order valence-electron chi connectivity index (χ4n) is 4.35. The van der Waals surface area contributed by atoms with Crippen molar-refractivity contribution in [3.63, 3.8) is 0 Å². The van der Waals surface area contributed by atoms with E-state index < -0.39 is 18.2 Å². The molecule has 130 valence electrons. The molecule has 0 aromatic heterocycles. The van der Waals surface area contributed by atoms with Crippen LogP contribution in [0.25, 0.3) is 0 Å². The molecule has 1 rings (SSSR count). The van der Waals surface area contributed by atoms with Crippen LogP contribution in [-0.2, 0) is 16.5 Å². The molecule has 0 atom stereocenters. The summed E-state index contributed by atoms with van der Waals surface area (Å²) < 4.78 is 30.7. The van der Waals surface area contributed by atoms with Gasteiger partial charge in [0.05, 0.1) is 13.5 Å². The molecule has 0 heterocycles. The molecule has 5 heteroatoms. The van der Waals surface area contributed by atoms with Gasteiger partial charge in [-0.3, -0.25) is 4.55 Å². The Morgan fingerprint density at radius 1 is 1.00 bits per heavy atom. The average Bonchev–Trinajstić information content (AvgIpc) is 2.38. The first-order valence-electron chi connectivity index (χ1n) is 8.25. The Kier molecular flexibility index (Phi) is 6.80. The van der Waals surface area contributed by atoms with Crippen molar-refractivity contribution in [2.75, 3.05) is 0 Å². The summed E-state index contributed by atoms with van der Waals surface area (Å²) in [6, 6.07) is 8.39. The molecular weight excluding hydrogens is 324 g/mol. The fraction of sp³-hybridized carbons (Fsp3) is 0.556. The summed E-state index contributed by atoms with van der Waals surface area (Å²) in [6.07, 6.45) is 2.06. The monoisotopic (exact) mass is 354 g/mol. The lowest BCUT2D eigenvalue weighted by Crippen LogP contribution is -2.56. The summed E-state index contributed by atoms with van der Waals surface area (Å²) in [5, 5.41) is 2.30. The normalized spacial score (nSPS) is 13.7. The molecule has 0 spiro atoms. The predicted octanol–water partition coefficient (Wildman–Crippen LogP) is 4.52. The molecule has 0 aliphatic rings. The van der Waals surface area contributed by atoms with Crippen LogP contribution in [0.2, 0.25) is 16.6 Å². The number of allylic oxidation sites excluding steroid dienone is 1. The first-order valence-corrected chi connectivity index (χ1v) is 12.0. The quantitative estimate of drug-likeness (QED) is 0.579. The second-order valence-corrected chi connectivity index (χ2v) is 14.3. The second-order valence-electron chi connectivity index (χ2n) is 7.15. The summed E-state index contributed by atoms with van der Waals surface area (Å²) in [5.74, 6) is 0. The van der Waals surface area contributed by atoms with Crippen molar-refractivity contribution in [2.45, 2.75) is 64.6 Å². The highest BCUT2D eigenvalue weighted by atomic mass is 32.2. The van der Waals surface area contributed by atoms with Crippen LogP contribution < -0.4 is 5.19 Å². The zero-order chi connectivity index (χ0) is 17.8. The van der Waals surface area contributed by atoms with Gasteiger partial charge in [0, 0.05) is 0 Å². The second kappa shape index (κ2) is 7.77. The third kappa shape index (κ3) is 4.55. The van der Waals surface area contributed by atoms with E-state index in [0.29, 0.717) is 23.0 Å². The van der Waals surface area contributed by atoms with Crippen molar-refractivity contribution in [1.82, 2.24) is 0 Å². The molecule has 0 unspecified atom stereocenters. The Balaban J connectivity index is 3.43. The molecule has 0 aliphatic carbocycles. The molecular formula is C18H30O3SSi. The summed E-state index contributed by atoms with van der Waals surface area (Å²) >= 11 is 0. The van der Waals surface area contributed by atoms with Gasteiger partial charge < -0.3 is 0 Å². The van der Waals surface area contributed by atoms with E-state index in [2.05, 4.69) is 59.7 Å². The fourth-order valence-corrected chi connectivity index (χ4v) is 11.7. The van der Waals surface area contributed by atoms with Crippen LogP contribution >= 0.6 is 0 Å². The third-order valence-corrected chi connectivity index (χ3v) is 12.6. The van der Waals surface area contributed by atoms with E-state index in [1.165, 1.54) is 16.8 Å². The minimum atomic E-state index is -4.06. The zero-order valence-electron chi connectivity index (χ0n) is 15.1. The molecule has 1 aromatic carbocycles. The Hall–Kier alpha value is -0.913. The lowest BCUT2D eigenvalue weighted by atomic mass is 10.1. The number of benzene rings is 1. The van der Waals surface area contributed by atoms with Crippen molar-refractivity contribution >= 4 is 23.4 Å². The largest absolute Gasteiger partial charge is 0.287 e. The van der Waals surface area contributed by atoms with Gasteiger partial charge >= 0.3 is 0 Å². The van der Waals surface area contributed by atoms with Gasteiger partial charge in [0.2, 0.25) is 0 Å². The third-order valence-electron chi connectivity index (χ3n) is 4.96. The van der Waals surface area contributed by atoms with Crippen molar-refractivity contribution in [1.29, 1.82) is 0 Å². The van der Waals surface area contributed by atoms with Crippen LogP contribution in [0.1, 0.15) is 47.1 Å².